The maximum atomic E-state index is 11.3. The van der Waals surface area contributed by atoms with E-state index in [1.807, 2.05) is 30.5 Å². The van der Waals surface area contributed by atoms with Crippen LogP contribution in [-0.4, -0.2) is 80.3 Å². The zero-order valence-electron chi connectivity index (χ0n) is 21.6. The van der Waals surface area contributed by atoms with Crippen molar-refractivity contribution in [2.24, 2.45) is 5.73 Å². The maximum Gasteiger partial charge on any atom is 0.241 e. The summed E-state index contributed by atoms with van der Waals surface area (Å²) in [6.07, 6.45) is 4.88. The number of ether oxygens (including phenoxy) is 1. The number of anilines is 6. The molecule has 2 aliphatic heterocycles. The average Bonchev–Trinajstić information content (AvgIpc) is 2.94. The Morgan fingerprint density at radius 1 is 0.947 bits per heavy atom. The van der Waals surface area contributed by atoms with Crippen molar-refractivity contribution in [3.05, 3.63) is 66.4 Å². The molecule has 2 saturated heterocycles. The standard InChI is InChI=1S/C28H34N8O2/c1-34-12-14-35(15-13-34)23-9-7-22(8-10-23)31-28-30-20-25(36-16-18-38-19-17-36)27(33-28)32-24-5-3-2-4-21(24)6-11-26(29)37/h2-11,20H,12-19H2,1H3,(H2,29,37)(H2,30,31,32,33). The summed E-state index contributed by atoms with van der Waals surface area (Å²) >= 11 is 0. The smallest absolute Gasteiger partial charge is 0.241 e. The van der Waals surface area contributed by atoms with E-state index in [-0.39, 0.29) is 0 Å². The van der Waals surface area contributed by atoms with Gasteiger partial charge >= 0.3 is 0 Å². The van der Waals surface area contributed by atoms with Crippen LogP contribution in [0.3, 0.4) is 0 Å². The lowest BCUT2D eigenvalue weighted by Crippen LogP contribution is -2.44. The monoisotopic (exact) mass is 514 g/mol. The van der Waals surface area contributed by atoms with Gasteiger partial charge < -0.3 is 35.8 Å². The van der Waals surface area contributed by atoms with E-state index in [9.17, 15) is 4.79 Å². The topological polar surface area (TPSA) is 112 Å². The molecule has 0 unspecified atom stereocenters. The number of morpholine rings is 1. The van der Waals surface area contributed by atoms with E-state index < -0.39 is 5.91 Å². The maximum absolute atomic E-state index is 11.3. The van der Waals surface area contributed by atoms with Gasteiger partial charge in [-0.1, -0.05) is 18.2 Å². The Balaban J connectivity index is 1.38. The first-order valence-corrected chi connectivity index (χ1v) is 12.9. The van der Waals surface area contributed by atoms with Crippen molar-refractivity contribution in [1.29, 1.82) is 0 Å². The Morgan fingerprint density at radius 3 is 2.42 bits per heavy atom. The summed E-state index contributed by atoms with van der Waals surface area (Å²) in [5.74, 6) is 0.654. The number of hydrogen-bond acceptors (Lipinski definition) is 9. The fourth-order valence-electron chi connectivity index (χ4n) is 4.57. The molecule has 0 atom stereocenters. The second kappa shape index (κ2) is 11.9. The van der Waals surface area contributed by atoms with Gasteiger partial charge in [0.25, 0.3) is 0 Å². The molecule has 5 rings (SSSR count). The molecule has 2 aliphatic rings. The molecule has 10 nitrogen and oxygen atoms in total. The van der Waals surface area contributed by atoms with Gasteiger partial charge in [-0.05, 0) is 49.0 Å². The number of piperazine rings is 1. The zero-order chi connectivity index (χ0) is 26.3. The Bertz CT molecular complexity index is 1270. The molecule has 198 valence electrons. The van der Waals surface area contributed by atoms with Gasteiger partial charge in [-0.3, -0.25) is 4.79 Å². The highest BCUT2D eigenvalue weighted by atomic mass is 16.5. The van der Waals surface area contributed by atoms with Crippen LogP contribution in [0.5, 0.6) is 0 Å². The summed E-state index contributed by atoms with van der Waals surface area (Å²) in [7, 11) is 2.16. The Morgan fingerprint density at radius 2 is 1.68 bits per heavy atom. The molecule has 0 aliphatic carbocycles. The molecule has 10 heteroatoms. The number of aromatic nitrogens is 2. The van der Waals surface area contributed by atoms with Crippen LogP contribution in [0, 0.1) is 0 Å². The molecule has 2 aromatic carbocycles. The predicted octanol–water partition coefficient (Wildman–Crippen LogP) is 3.05. The van der Waals surface area contributed by atoms with E-state index >= 15 is 0 Å². The molecule has 0 bridgehead atoms. The molecule has 1 aromatic heterocycles. The molecular formula is C28H34N8O2. The zero-order valence-corrected chi connectivity index (χ0v) is 21.6. The van der Waals surface area contributed by atoms with Crippen LogP contribution in [0.15, 0.2) is 60.8 Å². The van der Waals surface area contributed by atoms with Gasteiger partial charge in [0.1, 0.15) is 0 Å². The summed E-state index contributed by atoms with van der Waals surface area (Å²) < 4.78 is 5.54. The highest BCUT2D eigenvalue weighted by molar-refractivity contribution is 5.91. The highest BCUT2D eigenvalue weighted by Gasteiger charge is 2.19. The lowest BCUT2D eigenvalue weighted by Gasteiger charge is -2.34. The van der Waals surface area contributed by atoms with Crippen LogP contribution in [0.2, 0.25) is 0 Å². The third-order valence-electron chi connectivity index (χ3n) is 6.75. The molecule has 3 heterocycles. The SMILES string of the molecule is CN1CCN(c2ccc(Nc3ncc(N4CCOCC4)c(Nc4ccccc4C=CC(N)=O)n3)cc2)CC1. The third kappa shape index (κ3) is 6.39. The van der Waals surface area contributed by atoms with Crippen LogP contribution < -0.4 is 26.2 Å². The van der Waals surface area contributed by atoms with Gasteiger partial charge in [0, 0.05) is 62.4 Å². The number of nitrogens with two attached hydrogens (primary N) is 1. The van der Waals surface area contributed by atoms with E-state index in [1.165, 1.54) is 11.8 Å². The minimum atomic E-state index is -0.499. The van der Waals surface area contributed by atoms with Gasteiger partial charge in [-0.25, -0.2) is 4.98 Å². The number of para-hydroxylation sites is 1. The van der Waals surface area contributed by atoms with Crippen molar-refractivity contribution in [2.45, 2.75) is 0 Å². The van der Waals surface area contributed by atoms with E-state index in [0.29, 0.717) is 25.0 Å². The fourth-order valence-corrected chi connectivity index (χ4v) is 4.57. The minimum absolute atomic E-state index is 0.488. The second-order valence-corrected chi connectivity index (χ2v) is 9.44. The quantitative estimate of drug-likeness (QED) is 0.391. The van der Waals surface area contributed by atoms with Crippen LogP contribution in [0.25, 0.3) is 6.08 Å². The van der Waals surface area contributed by atoms with Crippen molar-refractivity contribution in [2.75, 3.05) is 80.0 Å². The van der Waals surface area contributed by atoms with E-state index in [0.717, 1.165) is 61.9 Å². The first-order valence-electron chi connectivity index (χ1n) is 12.9. The first-order chi connectivity index (χ1) is 18.5. The van der Waals surface area contributed by atoms with Gasteiger partial charge in [0.2, 0.25) is 11.9 Å². The lowest BCUT2D eigenvalue weighted by atomic mass is 10.1. The molecule has 38 heavy (non-hydrogen) atoms. The van der Waals surface area contributed by atoms with Crippen molar-refractivity contribution in [3.8, 4) is 0 Å². The van der Waals surface area contributed by atoms with Gasteiger partial charge in [-0.2, -0.15) is 4.98 Å². The Labute approximate surface area is 223 Å². The predicted molar refractivity (Wildman–Crippen MR) is 152 cm³/mol. The molecule has 0 radical (unpaired) electrons. The number of primary amides is 1. The number of carbonyl (C=O) groups is 1. The number of nitrogens with one attached hydrogen (secondary N) is 2. The van der Waals surface area contributed by atoms with Crippen LogP contribution in [-0.2, 0) is 9.53 Å². The highest BCUT2D eigenvalue weighted by Crippen LogP contribution is 2.31. The molecule has 3 aromatic rings. The molecular weight excluding hydrogens is 480 g/mol. The first kappa shape index (κ1) is 25.5. The summed E-state index contributed by atoms with van der Waals surface area (Å²) in [6, 6.07) is 16.1. The molecule has 4 N–H and O–H groups in total. The van der Waals surface area contributed by atoms with Crippen LogP contribution in [0.1, 0.15) is 5.56 Å². The summed E-state index contributed by atoms with van der Waals surface area (Å²) in [6.45, 7) is 7.00. The van der Waals surface area contributed by atoms with Gasteiger partial charge in [0.15, 0.2) is 5.82 Å². The number of likely N-dealkylation sites (N-methyl/N-ethyl adjacent to an activating group) is 1. The minimum Gasteiger partial charge on any atom is -0.378 e. The summed E-state index contributed by atoms with van der Waals surface area (Å²) in [5.41, 5.74) is 9.97. The van der Waals surface area contributed by atoms with E-state index in [2.05, 4.69) is 61.6 Å². The van der Waals surface area contributed by atoms with Crippen molar-refractivity contribution < 1.29 is 9.53 Å². The number of rotatable bonds is 8. The van der Waals surface area contributed by atoms with Crippen molar-refractivity contribution in [3.63, 3.8) is 0 Å². The van der Waals surface area contributed by atoms with Gasteiger partial charge in [0.05, 0.1) is 25.1 Å². The molecule has 2 fully saturated rings. The summed E-state index contributed by atoms with van der Waals surface area (Å²) in [5, 5.41) is 6.80. The fraction of sp³-hybridized carbons (Fsp3) is 0.321. The van der Waals surface area contributed by atoms with E-state index in [1.54, 1.807) is 6.08 Å². The number of hydrogen-bond donors (Lipinski definition) is 3. The lowest BCUT2D eigenvalue weighted by molar-refractivity contribution is -0.113. The Hall–Kier alpha value is -4.15. The van der Waals surface area contributed by atoms with E-state index in [4.69, 9.17) is 15.5 Å². The average molecular weight is 515 g/mol. The van der Waals surface area contributed by atoms with Gasteiger partial charge in [-0.15, -0.1) is 0 Å². The number of amides is 1. The second-order valence-electron chi connectivity index (χ2n) is 9.44. The normalized spacial score (nSPS) is 16.6. The van der Waals surface area contributed by atoms with Crippen LogP contribution >= 0.6 is 0 Å². The number of carbonyl (C=O) groups excluding carboxylic acids is 1. The number of nitrogens with zero attached hydrogens (tertiary/aromatic N) is 5. The molecule has 0 spiro atoms. The number of benzene rings is 2. The van der Waals surface area contributed by atoms with Crippen LogP contribution in [0.4, 0.5) is 34.5 Å². The summed E-state index contributed by atoms with van der Waals surface area (Å²) in [4.78, 5) is 27.7. The Kier molecular flexibility index (Phi) is 8.01. The van der Waals surface area contributed by atoms with Crippen molar-refractivity contribution >= 4 is 46.5 Å². The largest absolute Gasteiger partial charge is 0.378 e. The molecule has 1 amide bonds. The third-order valence-corrected chi connectivity index (χ3v) is 6.75. The molecule has 0 saturated carbocycles. The van der Waals surface area contributed by atoms with Crippen molar-refractivity contribution in [1.82, 2.24) is 14.9 Å².